The van der Waals surface area contributed by atoms with Gasteiger partial charge in [-0.25, -0.2) is 4.79 Å². The number of aryl methyl sites for hydroxylation is 1. The molecule has 94 valence electrons. The fraction of sp³-hybridized carbons (Fsp3) is 0.167. The second kappa shape index (κ2) is 5.10. The molecule has 0 spiro atoms. The SMILES string of the molecule is Cn1ccc(COc2ccc(Cl)cc2C(=O)O)n1. The predicted octanol–water partition coefficient (Wildman–Crippen LogP) is 2.35. The van der Waals surface area contributed by atoms with E-state index in [0.29, 0.717) is 5.02 Å². The summed E-state index contributed by atoms with van der Waals surface area (Å²) in [7, 11) is 1.80. The van der Waals surface area contributed by atoms with E-state index in [1.165, 1.54) is 12.1 Å². The number of aromatic carboxylic acids is 1. The Balaban J connectivity index is 2.16. The fourth-order valence-corrected chi connectivity index (χ4v) is 1.66. The smallest absolute Gasteiger partial charge is 0.339 e. The molecule has 2 aromatic rings. The van der Waals surface area contributed by atoms with Crippen LogP contribution in [0.25, 0.3) is 0 Å². The van der Waals surface area contributed by atoms with E-state index in [0.717, 1.165) is 5.69 Å². The molecule has 0 aliphatic rings. The van der Waals surface area contributed by atoms with Gasteiger partial charge < -0.3 is 9.84 Å². The Kier molecular flexibility index (Phi) is 3.53. The lowest BCUT2D eigenvalue weighted by molar-refractivity contribution is 0.0691. The molecule has 0 fully saturated rings. The molecule has 0 saturated carbocycles. The van der Waals surface area contributed by atoms with E-state index < -0.39 is 5.97 Å². The van der Waals surface area contributed by atoms with Crippen molar-refractivity contribution >= 4 is 17.6 Å². The highest BCUT2D eigenvalue weighted by Gasteiger charge is 2.12. The first-order valence-electron chi connectivity index (χ1n) is 5.20. The second-order valence-electron chi connectivity index (χ2n) is 3.72. The number of carboxylic acid groups (broad SMARTS) is 1. The summed E-state index contributed by atoms with van der Waals surface area (Å²) in [5.74, 6) is -0.800. The third-order valence-corrected chi connectivity index (χ3v) is 2.55. The summed E-state index contributed by atoms with van der Waals surface area (Å²) in [6.45, 7) is 0.211. The Morgan fingerprint density at radius 3 is 2.89 bits per heavy atom. The van der Waals surface area contributed by atoms with Crippen LogP contribution in [-0.4, -0.2) is 20.9 Å². The van der Waals surface area contributed by atoms with Crippen LogP contribution < -0.4 is 4.74 Å². The van der Waals surface area contributed by atoms with Gasteiger partial charge in [0.1, 0.15) is 17.9 Å². The van der Waals surface area contributed by atoms with Crippen LogP contribution in [0.1, 0.15) is 16.1 Å². The maximum Gasteiger partial charge on any atom is 0.339 e. The number of benzene rings is 1. The first-order valence-corrected chi connectivity index (χ1v) is 5.58. The summed E-state index contributed by atoms with van der Waals surface area (Å²) in [5.41, 5.74) is 0.766. The molecule has 5 nitrogen and oxygen atoms in total. The van der Waals surface area contributed by atoms with Crippen LogP contribution in [-0.2, 0) is 13.7 Å². The van der Waals surface area contributed by atoms with Gasteiger partial charge in [0.25, 0.3) is 0 Å². The molecule has 0 atom stereocenters. The van der Waals surface area contributed by atoms with Crippen molar-refractivity contribution in [2.45, 2.75) is 6.61 Å². The number of rotatable bonds is 4. The number of carboxylic acids is 1. The van der Waals surface area contributed by atoms with E-state index in [4.69, 9.17) is 21.4 Å². The molecule has 2 rings (SSSR count). The van der Waals surface area contributed by atoms with Crippen LogP contribution in [0.4, 0.5) is 0 Å². The van der Waals surface area contributed by atoms with E-state index in [2.05, 4.69) is 5.10 Å². The van der Waals surface area contributed by atoms with Gasteiger partial charge in [-0.2, -0.15) is 5.10 Å². The molecule has 0 radical (unpaired) electrons. The number of carbonyl (C=O) groups is 1. The molecule has 6 heteroatoms. The van der Waals surface area contributed by atoms with Gasteiger partial charge >= 0.3 is 5.97 Å². The minimum atomic E-state index is -1.08. The Morgan fingerprint density at radius 2 is 2.28 bits per heavy atom. The number of nitrogens with zero attached hydrogens (tertiary/aromatic N) is 2. The highest BCUT2D eigenvalue weighted by atomic mass is 35.5. The predicted molar refractivity (Wildman–Crippen MR) is 66.0 cm³/mol. The Labute approximate surface area is 109 Å². The van der Waals surface area contributed by atoms with Crippen LogP contribution in [0, 0.1) is 0 Å². The van der Waals surface area contributed by atoms with Crippen molar-refractivity contribution in [1.82, 2.24) is 9.78 Å². The average Bonchev–Trinajstić information content (AvgIpc) is 2.73. The molecule has 0 amide bonds. The van der Waals surface area contributed by atoms with Crippen LogP contribution in [0.15, 0.2) is 30.5 Å². The highest BCUT2D eigenvalue weighted by molar-refractivity contribution is 6.31. The number of hydrogen-bond donors (Lipinski definition) is 1. The summed E-state index contributed by atoms with van der Waals surface area (Å²) in [6, 6.07) is 6.28. The van der Waals surface area contributed by atoms with E-state index in [1.54, 1.807) is 30.1 Å². The fourth-order valence-electron chi connectivity index (χ4n) is 1.49. The van der Waals surface area contributed by atoms with Gasteiger partial charge in [0.05, 0.1) is 5.69 Å². The molecule has 1 heterocycles. The summed E-state index contributed by atoms with van der Waals surface area (Å²) >= 11 is 5.75. The first-order chi connectivity index (χ1) is 8.56. The average molecular weight is 267 g/mol. The quantitative estimate of drug-likeness (QED) is 0.923. The third kappa shape index (κ3) is 2.81. The molecule has 0 aliphatic carbocycles. The highest BCUT2D eigenvalue weighted by Crippen LogP contribution is 2.23. The van der Waals surface area contributed by atoms with Crippen LogP contribution in [0.3, 0.4) is 0 Å². The normalized spacial score (nSPS) is 10.3. The van der Waals surface area contributed by atoms with Gasteiger partial charge in [-0.1, -0.05) is 11.6 Å². The standard InChI is InChI=1S/C12H11ClN2O3/c1-15-5-4-9(14-15)7-18-11-3-2-8(13)6-10(11)12(16)17/h2-6H,7H2,1H3,(H,16,17). The summed E-state index contributed by atoms with van der Waals surface area (Å²) in [6.07, 6.45) is 1.79. The van der Waals surface area contributed by atoms with Crippen molar-refractivity contribution in [3.63, 3.8) is 0 Å². The summed E-state index contributed by atoms with van der Waals surface area (Å²) in [5, 5.41) is 13.5. The van der Waals surface area contributed by atoms with Crippen LogP contribution in [0.2, 0.25) is 5.02 Å². The second-order valence-corrected chi connectivity index (χ2v) is 4.15. The zero-order valence-corrected chi connectivity index (χ0v) is 10.4. The molecule has 0 saturated heterocycles. The van der Waals surface area contributed by atoms with E-state index in [9.17, 15) is 4.79 Å². The molecular weight excluding hydrogens is 256 g/mol. The van der Waals surface area contributed by atoms with Crippen LogP contribution >= 0.6 is 11.6 Å². The van der Waals surface area contributed by atoms with Crippen molar-refractivity contribution in [2.24, 2.45) is 7.05 Å². The van der Waals surface area contributed by atoms with Gasteiger partial charge in [0.15, 0.2) is 0 Å². The van der Waals surface area contributed by atoms with Crippen molar-refractivity contribution in [3.05, 3.63) is 46.7 Å². The first kappa shape index (κ1) is 12.4. The van der Waals surface area contributed by atoms with Crippen molar-refractivity contribution in [1.29, 1.82) is 0 Å². The maximum absolute atomic E-state index is 11.0. The van der Waals surface area contributed by atoms with Gasteiger partial charge in [0, 0.05) is 18.3 Å². The van der Waals surface area contributed by atoms with Crippen LogP contribution in [0.5, 0.6) is 5.75 Å². The minimum Gasteiger partial charge on any atom is -0.486 e. The van der Waals surface area contributed by atoms with Gasteiger partial charge in [0.2, 0.25) is 0 Å². The van der Waals surface area contributed by atoms with E-state index in [-0.39, 0.29) is 17.9 Å². The zero-order valence-electron chi connectivity index (χ0n) is 9.63. The van der Waals surface area contributed by atoms with Gasteiger partial charge in [-0.3, -0.25) is 4.68 Å². The Hall–Kier alpha value is -2.01. The lowest BCUT2D eigenvalue weighted by atomic mass is 10.2. The van der Waals surface area contributed by atoms with Crippen molar-refractivity contribution < 1.29 is 14.6 Å². The lowest BCUT2D eigenvalue weighted by Gasteiger charge is -2.08. The monoisotopic (exact) mass is 266 g/mol. The molecule has 0 bridgehead atoms. The number of hydrogen-bond acceptors (Lipinski definition) is 3. The Morgan fingerprint density at radius 1 is 1.50 bits per heavy atom. The minimum absolute atomic E-state index is 0.0402. The molecule has 0 aliphatic heterocycles. The topological polar surface area (TPSA) is 64.3 Å². The van der Waals surface area contributed by atoms with Crippen molar-refractivity contribution in [2.75, 3.05) is 0 Å². The number of ether oxygens (including phenoxy) is 1. The number of halogens is 1. The molecule has 1 aromatic carbocycles. The molecule has 1 N–H and O–H groups in total. The largest absolute Gasteiger partial charge is 0.486 e. The Bertz CT molecular complexity index is 580. The zero-order chi connectivity index (χ0) is 13.1. The van der Waals surface area contributed by atoms with E-state index in [1.807, 2.05) is 0 Å². The lowest BCUT2D eigenvalue weighted by Crippen LogP contribution is -2.04. The van der Waals surface area contributed by atoms with E-state index >= 15 is 0 Å². The van der Waals surface area contributed by atoms with Gasteiger partial charge in [-0.15, -0.1) is 0 Å². The molecule has 1 aromatic heterocycles. The summed E-state index contributed by atoms with van der Waals surface area (Å²) in [4.78, 5) is 11.0. The van der Waals surface area contributed by atoms with Gasteiger partial charge in [-0.05, 0) is 24.3 Å². The summed E-state index contributed by atoms with van der Waals surface area (Å²) < 4.78 is 7.09. The maximum atomic E-state index is 11.0. The third-order valence-electron chi connectivity index (χ3n) is 2.32. The number of aromatic nitrogens is 2. The molecule has 0 unspecified atom stereocenters. The molecular formula is C12H11ClN2O3. The van der Waals surface area contributed by atoms with Crippen molar-refractivity contribution in [3.8, 4) is 5.75 Å². The molecule has 18 heavy (non-hydrogen) atoms.